The third kappa shape index (κ3) is 6.99. The van der Waals surface area contributed by atoms with Crippen molar-refractivity contribution in [3.8, 4) is 11.8 Å². The third-order valence-corrected chi connectivity index (χ3v) is 3.96. The van der Waals surface area contributed by atoms with Crippen molar-refractivity contribution in [1.29, 1.82) is 0 Å². The summed E-state index contributed by atoms with van der Waals surface area (Å²) in [5.41, 5.74) is -0.681. The fraction of sp³-hybridized carbons (Fsp3) is 0.882. The maximum Gasteiger partial charge on any atom is 0.125 e. The van der Waals surface area contributed by atoms with E-state index in [1.807, 2.05) is 0 Å². The molecule has 2 heteroatoms. The third-order valence-electron chi connectivity index (χ3n) is 3.96. The second kappa shape index (κ2) is 9.39. The molecule has 1 aliphatic carbocycles. The number of aliphatic hydroxyl groups is 1. The van der Waals surface area contributed by atoms with Crippen molar-refractivity contribution in [1.82, 2.24) is 4.90 Å². The summed E-state index contributed by atoms with van der Waals surface area (Å²) in [6, 6.07) is 0. The highest BCUT2D eigenvalue weighted by molar-refractivity contribution is 5.15. The Morgan fingerprint density at radius 1 is 1.00 bits per heavy atom. The van der Waals surface area contributed by atoms with Gasteiger partial charge in [-0.1, -0.05) is 45.0 Å². The van der Waals surface area contributed by atoms with Gasteiger partial charge in [0.05, 0.1) is 6.54 Å². The molecule has 1 aliphatic rings. The Morgan fingerprint density at radius 2 is 1.58 bits per heavy atom. The summed E-state index contributed by atoms with van der Waals surface area (Å²) in [6.07, 6.45) is 10.2. The molecule has 0 atom stereocenters. The van der Waals surface area contributed by atoms with Gasteiger partial charge in [0, 0.05) is 0 Å². The Hall–Kier alpha value is -0.520. The SMILES string of the molecule is CCCCN(CC#CC1(O)CCCCC1)CCCC. The average molecular weight is 265 g/mol. The normalized spacial score (nSPS) is 18.1. The van der Waals surface area contributed by atoms with Crippen molar-refractivity contribution in [2.45, 2.75) is 77.2 Å². The Bertz CT molecular complexity index is 275. The second-order valence-corrected chi connectivity index (χ2v) is 5.88. The lowest BCUT2D eigenvalue weighted by Crippen LogP contribution is -2.30. The second-order valence-electron chi connectivity index (χ2n) is 5.88. The highest BCUT2D eigenvalue weighted by atomic mass is 16.3. The first-order chi connectivity index (χ1) is 9.20. The van der Waals surface area contributed by atoms with Crippen LogP contribution < -0.4 is 0 Å². The van der Waals surface area contributed by atoms with Crippen LogP contribution in [0.2, 0.25) is 0 Å². The van der Waals surface area contributed by atoms with Crippen LogP contribution in [0.4, 0.5) is 0 Å². The zero-order chi connectivity index (χ0) is 14.0. The molecule has 0 radical (unpaired) electrons. The van der Waals surface area contributed by atoms with Gasteiger partial charge in [-0.05, 0) is 51.6 Å². The van der Waals surface area contributed by atoms with Gasteiger partial charge in [0.2, 0.25) is 0 Å². The van der Waals surface area contributed by atoms with Crippen LogP contribution in [0.1, 0.15) is 71.6 Å². The van der Waals surface area contributed by atoms with E-state index in [0.717, 1.165) is 45.3 Å². The molecule has 0 heterocycles. The van der Waals surface area contributed by atoms with Crippen molar-refractivity contribution in [3.63, 3.8) is 0 Å². The summed E-state index contributed by atoms with van der Waals surface area (Å²) in [4.78, 5) is 2.44. The minimum atomic E-state index is -0.681. The minimum Gasteiger partial charge on any atom is -0.378 e. The van der Waals surface area contributed by atoms with Crippen LogP contribution in [0.3, 0.4) is 0 Å². The van der Waals surface area contributed by atoms with Crippen molar-refractivity contribution in [3.05, 3.63) is 0 Å². The van der Waals surface area contributed by atoms with Crippen LogP contribution in [0.5, 0.6) is 0 Å². The molecular weight excluding hydrogens is 234 g/mol. The van der Waals surface area contributed by atoms with Gasteiger partial charge >= 0.3 is 0 Å². The highest BCUT2D eigenvalue weighted by Gasteiger charge is 2.26. The number of unbranched alkanes of at least 4 members (excludes halogenated alkanes) is 2. The van der Waals surface area contributed by atoms with Gasteiger partial charge in [-0.15, -0.1) is 0 Å². The first-order valence-corrected chi connectivity index (χ1v) is 8.15. The van der Waals surface area contributed by atoms with Gasteiger partial charge in [-0.3, -0.25) is 4.90 Å². The van der Waals surface area contributed by atoms with E-state index in [2.05, 4.69) is 30.6 Å². The smallest absolute Gasteiger partial charge is 0.125 e. The fourth-order valence-corrected chi connectivity index (χ4v) is 2.61. The molecule has 0 aromatic heterocycles. The lowest BCUT2D eigenvalue weighted by molar-refractivity contribution is 0.0608. The lowest BCUT2D eigenvalue weighted by atomic mass is 9.85. The van der Waals surface area contributed by atoms with E-state index in [1.54, 1.807) is 0 Å². The number of hydrogen-bond acceptors (Lipinski definition) is 2. The topological polar surface area (TPSA) is 23.5 Å². The van der Waals surface area contributed by atoms with Crippen LogP contribution in [0.25, 0.3) is 0 Å². The monoisotopic (exact) mass is 265 g/mol. The molecule has 1 N–H and O–H groups in total. The van der Waals surface area contributed by atoms with Gasteiger partial charge in [0.25, 0.3) is 0 Å². The van der Waals surface area contributed by atoms with Crippen LogP contribution in [0, 0.1) is 11.8 Å². The molecule has 2 nitrogen and oxygen atoms in total. The molecular formula is C17H31NO. The lowest BCUT2D eigenvalue weighted by Gasteiger charge is -2.26. The molecule has 0 aromatic carbocycles. The van der Waals surface area contributed by atoms with Gasteiger partial charge in [0.15, 0.2) is 0 Å². The molecule has 0 bridgehead atoms. The molecule has 0 aliphatic heterocycles. The molecule has 0 amide bonds. The quantitative estimate of drug-likeness (QED) is 0.711. The van der Waals surface area contributed by atoms with E-state index >= 15 is 0 Å². The molecule has 1 fully saturated rings. The number of nitrogens with zero attached hydrogens (tertiary/aromatic N) is 1. The first-order valence-electron chi connectivity index (χ1n) is 8.15. The van der Waals surface area contributed by atoms with Crippen molar-refractivity contribution >= 4 is 0 Å². The fourth-order valence-electron chi connectivity index (χ4n) is 2.61. The zero-order valence-electron chi connectivity index (χ0n) is 12.9. The molecule has 0 spiro atoms. The van der Waals surface area contributed by atoms with E-state index in [4.69, 9.17) is 0 Å². The van der Waals surface area contributed by atoms with Gasteiger partial charge in [0.1, 0.15) is 5.60 Å². The standard InChI is InChI=1S/C17H31NO/c1-3-5-14-18(15-6-4-2)16-10-13-17(19)11-8-7-9-12-17/h19H,3-9,11-12,14-16H2,1-2H3. The predicted molar refractivity (Wildman–Crippen MR) is 82.1 cm³/mol. The van der Waals surface area contributed by atoms with Gasteiger partial charge in [-0.2, -0.15) is 0 Å². The van der Waals surface area contributed by atoms with Crippen LogP contribution in [-0.4, -0.2) is 35.2 Å². The largest absolute Gasteiger partial charge is 0.378 e. The minimum absolute atomic E-state index is 0.681. The average Bonchev–Trinajstić information content (AvgIpc) is 2.42. The Kier molecular flexibility index (Phi) is 8.18. The molecule has 1 rings (SSSR count). The summed E-state index contributed by atoms with van der Waals surface area (Å²) in [5.74, 6) is 6.38. The summed E-state index contributed by atoms with van der Waals surface area (Å²) >= 11 is 0. The molecule has 1 saturated carbocycles. The Balaban J connectivity index is 2.40. The van der Waals surface area contributed by atoms with Crippen molar-refractivity contribution in [2.75, 3.05) is 19.6 Å². The van der Waals surface area contributed by atoms with Crippen LogP contribution in [-0.2, 0) is 0 Å². The number of rotatable bonds is 7. The maximum atomic E-state index is 10.3. The van der Waals surface area contributed by atoms with Gasteiger partial charge in [-0.25, -0.2) is 0 Å². The molecule has 0 saturated heterocycles. The van der Waals surface area contributed by atoms with Gasteiger partial charge < -0.3 is 5.11 Å². The van der Waals surface area contributed by atoms with E-state index in [1.165, 1.54) is 32.1 Å². The Morgan fingerprint density at radius 3 is 2.11 bits per heavy atom. The number of hydrogen-bond donors (Lipinski definition) is 1. The van der Waals surface area contributed by atoms with Crippen molar-refractivity contribution < 1.29 is 5.11 Å². The summed E-state index contributed by atoms with van der Waals surface area (Å²) in [6.45, 7) is 7.57. The molecule has 0 unspecified atom stereocenters. The summed E-state index contributed by atoms with van der Waals surface area (Å²) in [5, 5.41) is 10.3. The molecule has 110 valence electrons. The zero-order valence-corrected chi connectivity index (χ0v) is 12.9. The van der Waals surface area contributed by atoms with Crippen LogP contribution >= 0.6 is 0 Å². The molecule has 19 heavy (non-hydrogen) atoms. The van der Waals surface area contributed by atoms with Crippen molar-refractivity contribution in [2.24, 2.45) is 0 Å². The van der Waals surface area contributed by atoms with E-state index in [-0.39, 0.29) is 0 Å². The first kappa shape index (κ1) is 16.5. The molecule has 0 aromatic rings. The maximum absolute atomic E-state index is 10.3. The predicted octanol–water partition coefficient (Wildman–Crippen LogP) is 3.59. The highest BCUT2D eigenvalue weighted by Crippen LogP contribution is 2.27. The summed E-state index contributed by atoms with van der Waals surface area (Å²) in [7, 11) is 0. The van der Waals surface area contributed by atoms with E-state index in [9.17, 15) is 5.11 Å². The summed E-state index contributed by atoms with van der Waals surface area (Å²) < 4.78 is 0. The Labute approximate surface area is 119 Å². The van der Waals surface area contributed by atoms with E-state index in [0.29, 0.717) is 0 Å². The van der Waals surface area contributed by atoms with E-state index < -0.39 is 5.60 Å². The van der Waals surface area contributed by atoms with Crippen LogP contribution in [0.15, 0.2) is 0 Å².